The van der Waals surface area contributed by atoms with Gasteiger partial charge in [0.15, 0.2) is 5.69 Å². The summed E-state index contributed by atoms with van der Waals surface area (Å²) >= 11 is 0. The lowest BCUT2D eigenvalue weighted by Crippen LogP contribution is -2.40. The molecule has 0 bridgehead atoms. The Bertz CT molecular complexity index is 825. The summed E-state index contributed by atoms with van der Waals surface area (Å²) in [4.78, 5) is 35.3. The molecule has 10 nitrogen and oxygen atoms in total. The third-order valence-corrected chi connectivity index (χ3v) is 4.15. The van der Waals surface area contributed by atoms with Gasteiger partial charge in [-0.25, -0.2) is 4.68 Å². The van der Waals surface area contributed by atoms with Crippen LogP contribution >= 0.6 is 0 Å². The van der Waals surface area contributed by atoms with Crippen LogP contribution in [0.5, 0.6) is 0 Å². The van der Waals surface area contributed by atoms with E-state index in [4.69, 9.17) is 5.11 Å². The van der Waals surface area contributed by atoms with Gasteiger partial charge in [-0.05, 0) is 18.9 Å². The first-order valence-corrected chi connectivity index (χ1v) is 7.65. The van der Waals surface area contributed by atoms with Crippen LogP contribution in [0.25, 0.3) is 5.69 Å². The molecule has 130 valence electrons. The fourth-order valence-electron chi connectivity index (χ4n) is 2.73. The molecule has 0 unspecified atom stereocenters. The number of aromatic nitrogens is 3. The van der Waals surface area contributed by atoms with E-state index in [1.54, 1.807) is 11.0 Å². The minimum absolute atomic E-state index is 0.0865. The van der Waals surface area contributed by atoms with Crippen molar-refractivity contribution in [2.24, 2.45) is 5.92 Å². The summed E-state index contributed by atoms with van der Waals surface area (Å²) < 4.78 is 1.30. The lowest BCUT2D eigenvalue weighted by atomic mass is 9.97. The van der Waals surface area contributed by atoms with Crippen LogP contribution < -0.4 is 0 Å². The van der Waals surface area contributed by atoms with Crippen molar-refractivity contribution in [3.05, 3.63) is 46.3 Å². The van der Waals surface area contributed by atoms with Crippen molar-refractivity contribution in [3.8, 4) is 5.69 Å². The monoisotopic (exact) mass is 345 g/mol. The van der Waals surface area contributed by atoms with Crippen molar-refractivity contribution in [2.75, 3.05) is 13.1 Å². The molecule has 1 amide bonds. The molecular weight excluding hydrogens is 330 g/mol. The number of carboxylic acid groups (broad SMARTS) is 1. The first kappa shape index (κ1) is 16.6. The van der Waals surface area contributed by atoms with Gasteiger partial charge < -0.3 is 10.0 Å². The van der Waals surface area contributed by atoms with E-state index in [0.717, 1.165) is 0 Å². The van der Waals surface area contributed by atoms with Gasteiger partial charge in [-0.3, -0.25) is 19.7 Å². The van der Waals surface area contributed by atoms with Gasteiger partial charge in [0.25, 0.3) is 11.6 Å². The number of nitro groups is 1. The van der Waals surface area contributed by atoms with E-state index in [1.807, 2.05) is 0 Å². The van der Waals surface area contributed by atoms with E-state index in [2.05, 4.69) is 10.3 Å². The Hall–Kier alpha value is -3.30. The van der Waals surface area contributed by atoms with Crippen molar-refractivity contribution in [1.82, 2.24) is 19.9 Å². The number of hydrogen-bond acceptors (Lipinski definition) is 6. The molecule has 2 heterocycles. The maximum absolute atomic E-state index is 12.5. The summed E-state index contributed by atoms with van der Waals surface area (Å²) in [5.74, 6) is -1.60. The molecule has 0 atom stereocenters. The SMILES string of the molecule is O=C(O)C1CCN(C(=O)c2cn(-c3cccc([N+](=O)[O-])c3)nn2)CC1. The summed E-state index contributed by atoms with van der Waals surface area (Å²) in [5.41, 5.74) is 0.447. The highest BCUT2D eigenvalue weighted by Gasteiger charge is 2.28. The van der Waals surface area contributed by atoms with Crippen LogP contribution in [0.1, 0.15) is 23.3 Å². The van der Waals surface area contributed by atoms with Crippen LogP contribution in [0.4, 0.5) is 5.69 Å². The summed E-state index contributed by atoms with van der Waals surface area (Å²) in [6, 6.07) is 5.84. The number of piperidine rings is 1. The number of non-ortho nitro benzene ring substituents is 1. The summed E-state index contributed by atoms with van der Waals surface area (Å²) in [5, 5.41) is 27.5. The zero-order valence-corrected chi connectivity index (χ0v) is 13.1. The number of nitrogens with zero attached hydrogens (tertiary/aromatic N) is 5. The van der Waals surface area contributed by atoms with Crippen molar-refractivity contribution >= 4 is 17.6 Å². The van der Waals surface area contributed by atoms with Gasteiger partial charge >= 0.3 is 5.97 Å². The largest absolute Gasteiger partial charge is 0.481 e. The molecule has 1 fully saturated rings. The second-order valence-electron chi connectivity index (χ2n) is 5.73. The molecule has 1 saturated heterocycles. The predicted molar refractivity (Wildman–Crippen MR) is 84.3 cm³/mol. The molecule has 1 aromatic carbocycles. The lowest BCUT2D eigenvalue weighted by Gasteiger charge is -2.29. The number of amides is 1. The van der Waals surface area contributed by atoms with Crippen molar-refractivity contribution < 1.29 is 19.6 Å². The van der Waals surface area contributed by atoms with Crippen LogP contribution in [0.2, 0.25) is 0 Å². The number of carboxylic acids is 1. The van der Waals surface area contributed by atoms with E-state index >= 15 is 0 Å². The van der Waals surface area contributed by atoms with Gasteiger partial charge in [-0.15, -0.1) is 5.10 Å². The number of carbonyl (C=O) groups excluding carboxylic acids is 1. The van der Waals surface area contributed by atoms with Gasteiger partial charge in [0.05, 0.1) is 22.7 Å². The first-order valence-electron chi connectivity index (χ1n) is 7.65. The quantitative estimate of drug-likeness (QED) is 0.648. The molecule has 1 N–H and O–H groups in total. The van der Waals surface area contributed by atoms with E-state index in [9.17, 15) is 19.7 Å². The van der Waals surface area contributed by atoms with Crippen LogP contribution in [0, 0.1) is 16.0 Å². The minimum Gasteiger partial charge on any atom is -0.481 e. The van der Waals surface area contributed by atoms with E-state index in [-0.39, 0.29) is 17.3 Å². The molecule has 2 aromatic rings. The maximum Gasteiger partial charge on any atom is 0.306 e. The maximum atomic E-state index is 12.5. The highest BCUT2D eigenvalue weighted by atomic mass is 16.6. The molecule has 1 aromatic heterocycles. The van der Waals surface area contributed by atoms with Crippen LogP contribution in [-0.4, -0.2) is 54.9 Å². The number of aliphatic carboxylic acids is 1. The Morgan fingerprint density at radius 2 is 2.00 bits per heavy atom. The smallest absolute Gasteiger partial charge is 0.306 e. The summed E-state index contributed by atoms with van der Waals surface area (Å²) in [6.07, 6.45) is 2.21. The molecule has 1 aliphatic heterocycles. The Morgan fingerprint density at radius 1 is 1.28 bits per heavy atom. The highest BCUT2D eigenvalue weighted by Crippen LogP contribution is 2.20. The number of nitro benzene ring substituents is 1. The zero-order valence-electron chi connectivity index (χ0n) is 13.1. The topological polar surface area (TPSA) is 131 Å². The molecule has 10 heteroatoms. The summed E-state index contributed by atoms with van der Waals surface area (Å²) in [7, 11) is 0. The fraction of sp³-hybridized carbons (Fsp3) is 0.333. The van der Waals surface area contributed by atoms with E-state index in [1.165, 1.54) is 29.1 Å². The molecule has 0 saturated carbocycles. The van der Waals surface area contributed by atoms with Crippen molar-refractivity contribution in [1.29, 1.82) is 0 Å². The molecular formula is C15H15N5O5. The molecule has 3 rings (SSSR count). The molecule has 1 aliphatic rings. The van der Waals surface area contributed by atoms with E-state index < -0.39 is 16.8 Å². The van der Waals surface area contributed by atoms with Gasteiger partial charge in [0.1, 0.15) is 0 Å². The Labute approximate surface area is 141 Å². The van der Waals surface area contributed by atoms with Crippen molar-refractivity contribution in [3.63, 3.8) is 0 Å². The number of rotatable bonds is 4. The minimum atomic E-state index is -0.844. The van der Waals surface area contributed by atoms with E-state index in [0.29, 0.717) is 31.6 Å². The standard InChI is InChI=1S/C15H15N5O5/c21-14(18-6-4-10(5-7-18)15(22)23)13-9-19(17-16-13)11-2-1-3-12(8-11)20(24)25/h1-3,8-10H,4-7H2,(H,22,23). The molecule has 25 heavy (non-hydrogen) atoms. The Balaban J connectivity index is 1.73. The van der Waals surface area contributed by atoms with Gasteiger partial charge in [0, 0.05) is 25.2 Å². The molecule has 0 spiro atoms. The van der Waals surface area contributed by atoms with Crippen LogP contribution in [-0.2, 0) is 4.79 Å². The number of hydrogen-bond donors (Lipinski definition) is 1. The molecule has 0 aliphatic carbocycles. The average Bonchev–Trinajstić information content (AvgIpc) is 3.11. The lowest BCUT2D eigenvalue weighted by molar-refractivity contribution is -0.384. The van der Waals surface area contributed by atoms with Gasteiger partial charge in [0.2, 0.25) is 0 Å². The van der Waals surface area contributed by atoms with Crippen LogP contribution in [0.15, 0.2) is 30.5 Å². The van der Waals surface area contributed by atoms with Gasteiger partial charge in [-0.2, -0.15) is 0 Å². The third-order valence-electron chi connectivity index (χ3n) is 4.15. The van der Waals surface area contributed by atoms with Gasteiger partial charge in [-0.1, -0.05) is 11.3 Å². The van der Waals surface area contributed by atoms with Crippen LogP contribution in [0.3, 0.4) is 0 Å². The number of benzene rings is 1. The Kier molecular flexibility index (Phi) is 4.42. The normalized spacial score (nSPS) is 15.1. The number of likely N-dealkylation sites (tertiary alicyclic amines) is 1. The highest BCUT2D eigenvalue weighted by molar-refractivity contribution is 5.92. The third kappa shape index (κ3) is 3.47. The predicted octanol–water partition coefficient (Wildman–Crippen LogP) is 1.11. The zero-order chi connectivity index (χ0) is 18.0. The second kappa shape index (κ2) is 6.67. The number of carbonyl (C=O) groups is 2. The summed E-state index contributed by atoms with van der Waals surface area (Å²) in [6.45, 7) is 0.693. The molecule has 0 radical (unpaired) electrons. The average molecular weight is 345 g/mol. The second-order valence-corrected chi connectivity index (χ2v) is 5.73. The fourth-order valence-corrected chi connectivity index (χ4v) is 2.73. The Morgan fingerprint density at radius 3 is 2.64 bits per heavy atom. The first-order chi connectivity index (χ1) is 12.0. The van der Waals surface area contributed by atoms with Crippen molar-refractivity contribution in [2.45, 2.75) is 12.8 Å².